The van der Waals surface area contributed by atoms with Gasteiger partial charge in [-0.1, -0.05) is 12.1 Å². The average Bonchev–Trinajstić information content (AvgIpc) is 2.66. The summed E-state index contributed by atoms with van der Waals surface area (Å²) in [4.78, 5) is 34.6. The Labute approximate surface area is 159 Å². The minimum Gasteiger partial charge on any atom is -0.452 e. The quantitative estimate of drug-likeness (QED) is 0.423. The highest BCUT2D eigenvalue weighted by Crippen LogP contribution is 2.15. The van der Waals surface area contributed by atoms with Gasteiger partial charge >= 0.3 is 12.6 Å². The molecule has 28 heavy (non-hydrogen) atoms. The zero-order valence-corrected chi connectivity index (χ0v) is 14.9. The van der Waals surface area contributed by atoms with Gasteiger partial charge in [-0.3, -0.25) is 9.59 Å². The Kier molecular flexibility index (Phi) is 7.38. The molecule has 0 fully saturated rings. The number of carbonyl (C=O) groups is 3. The van der Waals surface area contributed by atoms with E-state index in [1.54, 1.807) is 24.3 Å². The van der Waals surface area contributed by atoms with Crippen LogP contribution in [0.2, 0.25) is 0 Å². The second-order valence-electron chi connectivity index (χ2n) is 5.57. The standard InChI is InChI=1S/C20H17F2NO5/c1-13(24)15-5-7-16(8-6-15)23-18(25)12-27-19(26)11-4-14-2-9-17(10-3-14)28-20(21)22/h2-11,20H,12H2,1H3,(H,23,25)/b11-4+. The monoisotopic (exact) mass is 389 g/mol. The molecule has 0 aromatic heterocycles. The van der Waals surface area contributed by atoms with Crippen molar-refractivity contribution in [2.24, 2.45) is 0 Å². The molecule has 0 atom stereocenters. The molecule has 2 rings (SSSR count). The number of hydrogen-bond acceptors (Lipinski definition) is 5. The maximum Gasteiger partial charge on any atom is 0.387 e. The summed E-state index contributed by atoms with van der Waals surface area (Å²) in [7, 11) is 0. The van der Waals surface area contributed by atoms with Gasteiger partial charge in [0.1, 0.15) is 5.75 Å². The van der Waals surface area contributed by atoms with Crippen LogP contribution in [0.5, 0.6) is 5.75 Å². The van der Waals surface area contributed by atoms with E-state index >= 15 is 0 Å². The highest BCUT2D eigenvalue weighted by atomic mass is 19.3. The number of ether oxygens (including phenoxy) is 2. The third-order valence-corrected chi connectivity index (χ3v) is 3.44. The summed E-state index contributed by atoms with van der Waals surface area (Å²) in [5, 5.41) is 2.53. The lowest BCUT2D eigenvalue weighted by Crippen LogP contribution is -2.20. The lowest BCUT2D eigenvalue weighted by molar-refractivity contribution is -0.142. The van der Waals surface area contributed by atoms with E-state index < -0.39 is 25.1 Å². The molecule has 1 N–H and O–H groups in total. The largest absolute Gasteiger partial charge is 0.452 e. The second kappa shape index (κ2) is 9.96. The van der Waals surface area contributed by atoms with Crippen LogP contribution in [0.1, 0.15) is 22.8 Å². The average molecular weight is 389 g/mol. The van der Waals surface area contributed by atoms with Crippen molar-refractivity contribution < 1.29 is 32.6 Å². The van der Waals surface area contributed by atoms with E-state index in [1.807, 2.05) is 0 Å². The van der Waals surface area contributed by atoms with Gasteiger partial charge in [-0.05, 0) is 55.0 Å². The molecule has 2 aromatic rings. The third-order valence-electron chi connectivity index (χ3n) is 3.44. The fraction of sp³-hybridized carbons (Fsp3) is 0.150. The van der Waals surface area contributed by atoms with Crippen LogP contribution < -0.4 is 10.1 Å². The number of esters is 1. The van der Waals surface area contributed by atoms with Crippen molar-refractivity contribution in [1.82, 2.24) is 0 Å². The number of carbonyl (C=O) groups excluding carboxylic acids is 3. The van der Waals surface area contributed by atoms with Crippen molar-refractivity contribution in [3.63, 3.8) is 0 Å². The van der Waals surface area contributed by atoms with Crippen molar-refractivity contribution in [3.05, 3.63) is 65.7 Å². The first-order chi connectivity index (χ1) is 13.3. The van der Waals surface area contributed by atoms with Crippen LogP contribution in [0, 0.1) is 0 Å². The SMILES string of the molecule is CC(=O)c1ccc(NC(=O)COC(=O)/C=C/c2ccc(OC(F)F)cc2)cc1. The normalized spacial score (nSPS) is 10.7. The first-order valence-corrected chi connectivity index (χ1v) is 8.14. The van der Waals surface area contributed by atoms with E-state index in [2.05, 4.69) is 10.1 Å². The molecule has 0 spiro atoms. The molecule has 0 radical (unpaired) electrons. The Morgan fingerprint density at radius 3 is 2.25 bits per heavy atom. The van der Waals surface area contributed by atoms with Gasteiger partial charge in [0, 0.05) is 17.3 Å². The lowest BCUT2D eigenvalue weighted by Gasteiger charge is -2.06. The van der Waals surface area contributed by atoms with Gasteiger partial charge in [-0.2, -0.15) is 8.78 Å². The fourth-order valence-corrected chi connectivity index (χ4v) is 2.09. The first kappa shape index (κ1) is 20.8. The van der Waals surface area contributed by atoms with Crippen LogP contribution in [0.15, 0.2) is 54.6 Å². The van der Waals surface area contributed by atoms with Gasteiger partial charge < -0.3 is 14.8 Å². The van der Waals surface area contributed by atoms with E-state index in [0.717, 1.165) is 6.08 Å². The molecule has 0 unspecified atom stereocenters. The zero-order chi connectivity index (χ0) is 20.5. The smallest absolute Gasteiger partial charge is 0.387 e. The number of alkyl halides is 2. The number of Topliss-reactive ketones (excluding diaryl/α,β-unsaturated/α-hetero) is 1. The number of amides is 1. The predicted molar refractivity (Wildman–Crippen MR) is 98.1 cm³/mol. The maximum absolute atomic E-state index is 12.1. The fourth-order valence-electron chi connectivity index (χ4n) is 2.09. The summed E-state index contributed by atoms with van der Waals surface area (Å²) >= 11 is 0. The third kappa shape index (κ3) is 6.99. The topological polar surface area (TPSA) is 81.7 Å². The summed E-state index contributed by atoms with van der Waals surface area (Å²) in [5.74, 6) is -1.36. The van der Waals surface area contributed by atoms with Crippen LogP contribution >= 0.6 is 0 Å². The molecule has 146 valence electrons. The van der Waals surface area contributed by atoms with Crippen molar-refractivity contribution in [3.8, 4) is 5.75 Å². The Bertz CT molecular complexity index is 861. The van der Waals surface area contributed by atoms with Crippen molar-refractivity contribution in [2.75, 3.05) is 11.9 Å². The van der Waals surface area contributed by atoms with Gasteiger partial charge in [-0.25, -0.2) is 4.79 Å². The van der Waals surface area contributed by atoms with Crippen molar-refractivity contribution in [2.45, 2.75) is 13.5 Å². The van der Waals surface area contributed by atoms with E-state index in [9.17, 15) is 23.2 Å². The molecule has 8 heteroatoms. The molecule has 0 saturated carbocycles. The maximum atomic E-state index is 12.1. The Hall–Kier alpha value is -3.55. The summed E-state index contributed by atoms with van der Waals surface area (Å²) in [5.41, 5.74) is 1.55. The number of benzene rings is 2. The van der Waals surface area contributed by atoms with Crippen LogP contribution in [0.3, 0.4) is 0 Å². The number of ketones is 1. The molecule has 0 saturated heterocycles. The van der Waals surface area contributed by atoms with Crippen LogP contribution in [-0.2, 0) is 14.3 Å². The summed E-state index contributed by atoms with van der Waals surface area (Å²) in [6.07, 6.45) is 2.52. The molecular formula is C20H17F2NO5. The molecule has 0 heterocycles. The minimum atomic E-state index is -2.91. The van der Waals surface area contributed by atoms with E-state index in [0.29, 0.717) is 16.8 Å². The van der Waals surface area contributed by atoms with Crippen molar-refractivity contribution >= 4 is 29.4 Å². The van der Waals surface area contributed by atoms with Crippen molar-refractivity contribution in [1.29, 1.82) is 0 Å². The summed E-state index contributed by atoms with van der Waals surface area (Å²) in [6, 6.07) is 11.9. The highest BCUT2D eigenvalue weighted by Gasteiger charge is 2.07. The number of rotatable bonds is 8. The molecule has 2 aromatic carbocycles. The minimum absolute atomic E-state index is 0.00253. The number of halogens is 2. The molecule has 0 aliphatic heterocycles. The number of hydrogen-bond donors (Lipinski definition) is 1. The molecule has 6 nitrogen and oxygen atoms in total. The van der Waals surface area contributed by atoms with Gasteiger partial charge in [0.15, 0.2) is 12.4 Å². The second-order valence-corrected chi connectivity index (χ2v) is 5.57. The molecule has 0 bridgehead atoms. The summed E-state index contributed by atoms with van der Waals surface area (Å²) in [6.45, 7) is -1.96. The van der Waals surface area contributed by atoms with E-state index in [-0.39, 0.29) is 11.5 Å². The number of anilines is 1. The Balaban J connectivity index is 1.78. The van der Waals surface area contributed by atoms with Gasteiger partial charge in [0.25, 0.3) is 5.91 Å². The molecule has 0 aliphatic carbocycles. The van der Waals surface area contributed by atoms with Gasteiger partial charge in [0.05, 0.1) is 0 Å². The molecular weight excluding hydrogens is 372 g/mol. The Morgan fingerprint density at radius 1 is 1.04 bits per heavy atom. The zero-order valence-electron chi connectivity index (χ0n) is 14.9. The van der Waals surface area contributed by atoms with Crippen LogP contribution in [-0.4, -0.2) is 30.9 Å². The van der Waals surface area contributed by atoms with Crippen LogP contribution in [0.25, 0.3) is 6.08 Å². The number of nitrogens with one attached hydrogen (secondary N) is 1. The lowest BCUT2D eigenvalue weighted by atomic mass is 10.1. The van der Waals surface area contributed by atoms with Crippen LogP contribution in [0.4, 0.5) is 14.5 Å². The first-order valence-electron chi connectivity index (χ1n) is 8.14. The predicted octanol–water partition coefficient (Wildman–Crippen LogP) is 3.69. The van der Waals surface area contributed by atoms with E-state index in [1.165, 1.54) is 37.3 Å². The Morgan fingerprint density at radius 2 is 1.68 bits per heavy atom. The van der Waals surface area contributed by atoms with E-state index in [4.69, 9.17) is 4.74 Å². The van der Waals surface area contributed by atoms with Gasteiger partial charge in [0.2, 0.25) is 0 Å². The summed E-state index contributed by atoms with van der Waals surface area (Å²) < 4.78 is 33.2. The van der Waals surface area contributed by atoms with Gasteiger partial charge in [-0.15, -0.1) is 0 Å². The highest BCUT2D eigenvalue weighted by molar-refractivity contribution is 5.96. The molecule has 1 amide bonds. The molecule has 0 aliphatic rings.